The van der Waals surface area contributed by atoms with Crippen LogP contribution in [0.5, 0.6) is 5.75 Å². The molecule has 1 saturated carbocycles. The Morgan fingerprint density at radius 1 is 1.23 bits per heavy atom. The molecule has 2 aromatic rings. The number of nitrogens with zero attached hydrogens (tertiary/aromatic N) is 2. The number of hydrogen-bond donors (Lipinski definition) is 1. The highest BCUT2D eigenvalue weighted by atomic mass is 16.6. The van der Waals surface area contributed by atoms with Crippen molar-refractivity contribution >= 4 is 11.9 Å². The lowest BCUT2D eigenvalue weighted by Gasteiger charge is -2.16. The van der Waals surface area contributed by atoms with E-state index in [0.717, 1.165) is 31.4 Å². The van der Waals surface area contributed by atoms with Crippen molar-refractivity contribution in [3.63, 3.8) is 0 Å². The van der Waals surface area contributed by atoms with Crippen LogP contribution in [0.2, 0.25) is 0 Å². The zero-order valence-electron chi connectivity index (χ0n) is 15.0. The van der Waals surface area contributed by atoms with Crippen LogP contribution in [-0.4, -0.2) is 40.9 Å². The van der Waals surface area contributed by atoms with Crippen LogP contribution in [0.3, 0.4) is 0 Å². The maximum atomic E-state index is 12.5. The summed E-state index contributed by atoms with van der Waals surface area (Å²) in [6.07, 6.45) is 4.90. The standard InChI is InChI=1S/C19H23N3O4/c1-13(18(23)20-14-8-6-7-9-14)26-19(24)17-16(25-2)12-22(21-17)15-10-4-3-5-11-15/h3-5,10-14H,6-9H2,1-2H3,(H,20,23). The number of aromatic nitrogens is 2. The van der Waals surface area contributed by atoms with E-state index in [9.17, 15) is 9.59 Å². The van der Waals surface area contributed by atoms with Gasteiger partial charge in [-0.1, -0.05) is 31.0 Å². The molecule has 1 fully saturated rings. The Morgan fingerprint density at radius 3 is 2.58 bits per heavy atom. The molecule has 1 amide bonds. The second-order valence-corrected chi connectivity index (χ2v) is 6.36. The van der Waals surface area contributed by atoms with Crippen molar-refractivity contribution in [3.05, 3.63) is 42.2 Å². The molecule has 0 radical (unpaired) electrons. The summed E-state index contributed by atoms with van der Waals surface area (Å²) in [4.78, 5) is 24.7. The first-order valence-corrected chi connectivity index (χ1v) is 8.79. The number of carbonyl (C=O) groups is 2. The molecule has 26 heavy (non-hydrogen) atoms. The fraction of sp³-hybridized carbons (Fsp3) is 0.421. The zero-order valence-corrected chi connectivity index (χ0v) is 15.0. The molecule has 0 saturated heterocycles. The monoisotopic (exact) mass is 357 g/mol. The van der Waals surface area contributed by atoms with E-state index in [1.54, 1.807) is 17.8 Å². The molecule has 3 rings (SSSR count). The summed E-state index contributed by atoms with van der Waals surface area (Å²) in [6, 6.07) is 9.53. The Kier molecular flexibility index (Phi) is 5.55. The van der Waals surface area contributed by atoms with Crippen LogP contribution in [0.15, 0.2) is 36.5 Å². The predicted octanol–water partition coefficient (Wildman–Crippen LogP) is 2.49. The summed E-state index contributed by atoms with van der Waals surface area (Å²) in [5.41, 5.74) is 0.828. The highest BCUT2D eigenvalue weighted by Gasteiger charge is 2.26. The van der Waals surface area contributed by atoms with E-state index in [2.05, 4.69) is 10.4 Å². The average molecular weight is 357 g/mol. The number of hydrogen-bond acceptors (Lipinski definition) is 5. The SMILES string of the molecule is COc1cn(-c2ccccc2)nc1C(=O)OC(C)C(=O)NC1CCCC1. The normalized spacial score (nSPS) is 15.5. The molecule has 0 spiro atoms. The van der Waals surface area contributed by atoms with Crippen molar-refractivity contribution in [2.24, 2.45) is 0 Å². The number of para-hydroxylation sites is 1. The summed E-state index contributed by atoms with van der Waals surface area (Å²) in [5, 5.41) is 7.17. The average Bonchev–Trinajstić information content (AvgIpc) is 3.31. The van der Waals surface area contributed by atoms with Crippen LogP contribution in [-0.2, 0) is 9.53 Å². The van der Waals surface area contributed by atoms with Gasteiger partial charge < -0.3 is 14.8 Å². The lowest BCUT2D eigenvalue weighted by Crippen LogP contribution is -2.40. The third-order valence-corrected chi connectivity index (χ3v) is 4.47. The van der Waals surface area contributed by atoms with Gasteiger partial charge in [-0.2, -0.15) is 5.10 Å². The van der Waals surface area contributed by atoms with Gasteiger partial charge in [0.05, 0.1) is 19.0 Å². The maximum absolute atomic E-state index is 12.5. The Morgan fingerprint density at radius 2 is 1.92 bits per heavy atom. The summed E-state index contributed by atoms with van der Waals surface area (Å²) in [6.45, 7) is 1.56. The second kappa shape index (κ2) is 8.03. The molecular weight excluding hydrogens is 334 g/mol. The molecule has 7 heteroatoms. The van der Waals surface area contributed by atoms with E-state index in [-0.39, 0.29) is 17.6 Å². The molecule has 1 atom stereocenters. The largest absolute Gasteiger partial charge is 0.493 e. The number of rotatable bonds is 6. The predicted molar refractivity (Wildman–Crippen MR) is 95.4 cm³/mol. The third kappa shape index (κ3) is 4.04. The molecule has 7 nitrogen and oxygen atoms in total. The van der Waals surface area contributed by atoms with Crippen molar-refractivity contribution in [1.29, 1.82) is 0 Å². The first kappa shape index (κ1) is 18.0. The number of carbonyl (C=O) groups excluding carboxylic acids is 2. The Hall–Kier alpha value is -2.83. The molecule has 0 bridgehead atoms. The Balaban J connectivity index is 1.68. The summed E-state index contributed by atoms with van der Waals surface area (Å²) < 4.78 is 12.1. The molecule has 138 valence electrons. The topological polar surface area (TPSA) is 82.5 Å². The molecule has 1 unspecified atom stereocenters. The number of nitrogens with one attached hydrogen (secondary N) is 1. The van der Waals surface area contributed by atoms with Crippen molar-refractivity contribution in [2.45, 2.75) is 44.8 Å². The van der Waals surface area contributed by atoms with Crippen LogP contribution in [0.25, 0.3) is 5.69 Å². The van der Waals surface area contributed by atoms with Gasteiger partial charge in [0, 0.05) is 6.04 Å². The second-order valence-electron chi connectivity index (χ2n) is 6.36. The van der Waals surface area contributed by atoms with Crippen LogP contribution < -0.4 is 10.1 Å². The lowest BCUT2D eigenvalue weighted by molar-refractivity contribution is -0.129. The van der Waals surface area contributed by atoms with E-state index < -0.39 is 12.1 Å². The molecule has 1 N–H and O–H groups in total. The van der Waals surface area contributed by atoms with Gasteiger partial charge in [-0.25, -0.2) is 9.48 Å². The number of esters is 1. The van der Waals surface area contributed by atoms with Gasteiger partial charge in [-0.15, -0.1) is 0 Å². The van der Waals surface area contributed by atoms with Crippen molar-refractivity contribution in [1.82, 2.24) is 15.1 Å². The Bertz CT molecular complexity index is 766. The smallest absolute Gasteiger partial charge is 0.363 e. The summed E-state index contributed by atoms with van der Waals surface area (Å²) in [7, 11) is 1.46. The van der Waals surface area contributed by atoms with Crippen molar-refractivity contribution < 1.29 is 19.1 Å². The van der Waals surface area contributed by atoms with Crippen molar-refractivity contribution in [2.75, 3.05) is 7.11 Å². The van der Waals surface area contributed by atoms with Gasteiger partial charge in [0.25, 0.3) is 5.91 Å². The highest BCUT2D eigenvalue weighted by Crippen LogP contribution is 2.21. The van der Waals surface area contributed by atoms with E-state index >= 15 is 0 Å². The molecule has 1 aliphatic carbocycles. The van der Waals surface area contributed by atoms with Crippen molar-refractivity contribution in [3.8, 4) is 11.4 Å². The van der Waals surface area contributed by atoms with Crippen LogP contribution in [0.1, 0.15) is 43.1 Å². The Labute approximate surface area is 152 Å². The number of methoxy groups -OCH3 is 1. The summed E-state index contributed by atoms with van der Waals surface area (Å²) in [5.74, 6) is -0.681. The van der Waals surface area contributed by atoms with E-state index in [1.165, 1.54) is 7.11 Å². The first-order chi connectivity index (χ1) is 12.6. The molecular formula is C19H23N3O4. The minimum absolute atomic E-state index is 0.0388. The minimum Gasteiger partial charge on any atom is -0.493 e. The van der Waals surface area contributed by atoms with Gasteiger partial charge in [-0.05, 0) is 31.9 Å². The quantitative estimate of drug-likeness (QED) is 0.803. The fourth-order valence-corrected chi connectivity index (χ4v) is 3.02. The van der Waals surface area contributed by atoms with E-state index in [0.29, 0.717) is 5.75 Å². The van der Waals surface area contributed by atoms with E-state index in [1.807, 2.05) is 30.3 Å². The fourth-order valence-electron chi connectivity index (χ4n) is 3.02. The first-order valence-electron chi connectivity index (χ1n) is 8.79. The van der Waals surface area contributed by atoms with Gasteiger partial charge in [0.15, 0.2) is 11.9 Å². The molecule has 1 aromatic heterocycles. The molecule has 1 aliphatic rings. The molecule has 1 aromatic carbocycles. The van der Waals surface area contributed by atoms with Gasteiger partial charge in [0.1, 0.15) is 0 Å². The molecule has 1 heterocycles. The van der Waals surface area contributed by atoms with E-state index in [4.69, 9.17) is 9.47 Å². The van der Waals surface area contributed by atoms with Crippen LogP contribution >= 0.6 is 0 Å². The van der Waals surface area contributed by atoms with Gasteiger partial charge >= 0.3 is 5.97 Å². The zero-order chi connectivity index (χ0) is 18.5. The van der Waals surface area contributed by atoms with Gasteiger partial charge in [-0.3, -0.25) is 4.79 Å². The number of benzene rings is 1. The minimum atomic E-state index is -0.894. The third-order valence-electron chi connectivity index (χ3n) is 4.47. The lowest BCUT2D eigenvalue weighted by atomic mass is 10.2. The number of amides is 1. The number of ether oxygens (including phenoxy) is 2. The van der Waals surface area contributed by atoms with Crippen LogP contribution in [0.4, 0.5) is 0 Å². The van der Waals surface area contributed by atoms with Gasteiger partial charge in [0.2, 0.25) is 5.69 Å². The van der Waals surface area contributed by atoms with Crippen LogP contribution in [0, 0.1) is 0 Å². The molecule has 0 aliphatic heterocycles. The summed E-state index contributed by atoms with van der Waals surface area (Å²) >= 11 is 0. The highest BCUT2D eigenvalue weighted by molar-refractivity contribution is 5.93. The maximum Gasteiger partial charge on any atom is 0.363 e.